The molecule has 0 saturated heterocycles. The topological polar surface area (TPSA) is 68.2 Å². The molecule has 6 nitrogen and oxygen atoms in total. The van der Waals surface area contributed by atoms with Gasteiger partial charge in [-0.3, -0.25) is 9.42 Å². The van der Waals surface area contributed by atoms with Crippen LogP contribution in [0.2, 0.25) is 0 Å². The maximum Gasteiger partial charge on any atom is 0.527 e. The molecule has 4 rings (SSSR count). The number of alkyl halides is 1. The SMILES string of the molecule is CN(C)CCOc1ccc(/C(=C(/CCCl)c2ccccc2)c2ccc(OP(=O)(O)OCc3ccccc3)cc2)cc1. The number of halogens is 1. The summed E-state index contributed by atoms with van der Waals surface area (Å²) in [6.07, 6.45) is 0.652. The smallest absolute Gasteiger partial charge is 0.492 e. The second-order valence-electron chi connectivity index (χ2n) is 9.68. The lowest BCUT2D eigenvalue weighted by atomic mass is 9.88. The number of phosphoric ester groups is 1. The van der Waals surface area contributed by atoms with Crippen LogP contribution in [0.3, 0.4) is 0 Å². The normalized spacial score (nSPS) is 13.4. The minimum Gasteiger partial charge on any atom is -0.492 e. The van der Waals surface area contributed by atoms with Crippen LogP contribution in [-0.2, 0) is 15.7 Å². The van der Waals surface area contributed by atoms with Crippen molar-refractivity contribution in [3.05, 3.63) is 131 Å². The van der Waals surface area contributed by atoms with Crippen LogP contribution in [0.25, 0.3) is 11.1 Å². The van der Waals surface area contributed by atoms with Gasteiger partial charge in [-0.15, -0.1) is 11.6 Å². The Labute approximate surface area is 247 Å². The first kappa shape index (κ1) is 30.6. The van der Waals surface area contributed by atoms with E-state index in [0.29, 0.717) is 18.9 Å². The Hall–Kier alpha value is -3.38. The Morgan fingerprint density at radius 1 is 0.780 bits per heavy atom. The van der Waals surface area contributed by atoms with Gasteiger partial charge in [0.05, 0.1) is 6.61 Å². The quantitative estimate of drug-likeness (QED) is 0.0913. The predicted molar refractivity (Wildman–Crippen MR) is 166 cm³/mol. The highest BCUT2D eigenvalue weighted by Gasteiger charge is 2.23. The Morgan fingerprint density at radius 3 is 1.90 bits per heavy atom. The average Bonchev–Trinajstić information content (AvgIpc) is 2.98. The van der Waals surface area contributed by atoms with E-state index in [-0.39, 0.29) is 12.4 Å². The van der Waals surface area contributed by atoms with Crippen molar-refractivity contribution in [3.8, 4) is 11.5 Å². The standard InChI is InChI=1S/C33H35ClNO5P/c1-35(2)23-24-38-30-17-13-28(14-18-30)33(32(21-22-34)27-11-7-4-8-12-27)29-15-19-31(20-16-29)40-41(36,37)39-25-26-9-5-3-6-10-26/h3-20H,21-25H2,1-2H3,(H,36,37)/b33-32+. The zero-order chi connectivity index (χ0) is 29.1. The van der Waals surface area contributed by atoms with Crippen LogP contribution in [0, 0.1) is 0 Å². The van der Waals surface area contributed by atoms with Gasteiger partial charge in [-0.25, -0.2) is 4.57 Å². The molecule has 214 valence electrons. The highest BCUT2D eigenvalue weighted by Crippen LogP contribution is 2.45. The molecule has 0 spiro atoms. The number of allylic oxidation sites excluding steroid dienone is 1. The number of hydrogen-bond acceptors (Lipinski definition) is 5. The molecule has 0 aliphatic heterocycles. The molecule has 0 aliphatic carbocycles. The molecule has 0 radical (unpaired) electrons. The van der Waals surface area contributed by atoms with Gasteiger partial charge in [0.15, 0.2) is 0 Å². The van der Waals surface area contributed by atoms with Crippen LogP contribution in [0.4, 0.5) is 0 Å². The van der Waals surface area contributed by atoms with E-state index in [1.165, 1.54) is 0 Å². The van der Waals surface area contributed by atoms with Crippen molar-refractivity contribution in [1.82, 2.24) is 4.90 Å². The molecule has 0 fully saturated rings. The van der Waals surface area contributed by atoms with Gasteiger partial charge in [0.1, 0.15) is 18.1 Å². The van der Waals surface area contributed by atoms with Gasteiger partial charge in [-0.05, 0) is 78.2 Å². The first-order valence-corrected chi connectivity index (χ1v) is 15.4. The van der Waals surface area contributed by atoms with Crippen molar-refractivity contribution in [2.75, 3.05) is 33.1 Å². The molecular formula is C33H35ClNO5P. The molecule has 0 aromatic heterocycles. The molecule has 0 heterocycles. The Balaban J connectivity index is 1.62. The minimum atomic E-state index is -4.32. The molecule has 8 heteroatoms. The summed E-state index contributed by atoms with van der Waals surface area (Å²) in [6.45, 7) is 1.39. The molecule has 4 aromatic carbocycles. The fraction of sp³-hybridized carbons (Fsp3) is 0.212. The molecule has 41 heavy (non-hydrogen) atoms. The maximum atomic E-state index is 12.6. The van der Waals surface area contributed by atoms with E-state index in [1.54, 1.807) is 12.1 Å². The van der Waals surface area contributed by atoms with Gasteiger partial charge in [0, 0.05) is 12.4 Å². The van der Waals surface area contributed by atoms with Gasteiger partial charge < -0.3 is 14.2 Å². The van der Waals surface area contributed by atoms with E-state index in [1.807, 2.05) is 99.0 Å². The van der Waals surface area contributed by atoms with Crippen molar-refractivity contribution in [1.29, 1.82) is 0 Å². The van der Waals surface area contributed by atoms with Gasteiger partial charge in [0.2, 0.25) is 0 Å². The van der Waals surface area contributed by atoms with Crippen LogP contribution < -0.4 is 9.26 Å². The molecule has 1 unspecified atom stereocenters. The number of phosphoric acid groups is 1. The molecular weight excluding hydrogens is 557 g/mol. The summed E-state index contributed by atoms with van der Waals surface area (Å²) in [5.74, 6) is 1.48. The number of ether oxygens (including phenoxy) is 1. The third-order valence-corrected chi connectivity index (χ3v) is 7.41. The van der Waals surface area contributed by atoms with Crippen LogP contribution in [0.15, 0.2) is 109 Å². The van der Waals surface area contributed by atoms with Crippen molar-refractivity contribution in [2.24, 2.45) is 0 Å². The summed E-state index contributed by atoms with van der Waals surface area (Å²) in [4.78, 5) is 12.4. The molecule has 1 atom stereocenters. The predicted octanol–water partition coefficient (Wildman–Crippen LogP) is 7.91. The van der Waals surface area contributed by atoms with Crippen LogP contribution in [-0.4, -0.2) is 42.9 Å². The fourth-order valence-electron chi connectivity index (χ4n) is 4.30. The van der Waals surface area contributed by atoms with Crippen LogP contribution in [0.5, 0.6) is 11.5 Å². The minimum absolute atomic E-state index is 0.0344. The summed E-state index contributed by atoms with van der Waals surface area (Å²) in [5, 5.41) is 0. The molecule has 4 aromatic rings. The first-order valence-electron chi connectivity index (χ1n) is 13.4. The Morgan fingerprint density at radius 2 is 1.34 bits per heavy atom. The summed E-state index contributed by atoms with van der Waals surface area (Å²) >= 11 is 6.29. The molecule has 0 saturated carbocycles. The average molecular weight is 592 g/mol. The van der Waals surface area contributed by atoms with Gasteiger partial charge in [0.25, 0.3) is 0 Å². The summed E-state index contributed by atoms with van der Waals surface area (Å²) in [6, 6.07) is 34.5. The largest absolute Gasteiger partial charge is 0.527 e. The summed E-state index contributed by atoms with van der Waals surface area (Å²) in [7, 11) is -0.296. The number of nitrogens with zero attached hydrogens (tertiary/aromatic N) is 1. The third-order valence-electron chi connectivity index (χ3n) is 6.32. The van der Waals surface area contributed by atoms with Crippen molar-refractivity contribution >= 4 is 30.6 Å². The third kappa shape index (κ3) is 9.32. The lowest BCUT2D eigenvalue weighted by Crippen LogP contribution is -2.19. The molecule has 0 amide bonds. The summed E-state index contributed by atoms with van der Waals surface area (Å²) in [5.41, 5.74) is 5.87. The molecule has 0 bridgehead atoms. The summed E-state index contributed by atoms with van der Waals surface area (Å²) < 4.78 is 29.1. The van der Waals surface area contributed by atoms with E-state index in [4.69, 9.17) is 25.4 Å². The van der Waals surface area contributed by atoms with Crippen LogP contribution in [0.1, 0.15) is 28.7 Å². The fourth-order valence-corrected chi connectivity index (χ4v) is 5.24. The first-order chi connectivity index (χ1) is 19.8. The highest BCUT2D eigenvalue weighted by molar-refractivity contribution is 7.47. The van der Waals surface area contributed by atoms with E-state index in [0.717, 1.165) is 45.7 Å². The molecule has 1 N–H and O–H groups in total. The van der Waals surface area contributed by atoms with E-state index in [2.05, 4.69) is 17.0 Å². The van der Waals surface area contributed by atoms with E-state index in [9.17, 15) is 9.46 Å². The monoisotopic (exact) mass is 591 g/mol. The van der Waals surface area contributed by atoms with Crippen molar-refractivity contribution in [3.63, 3.8) is 0 Å². The van der Waals surface area contributed by atoms with E-state index < -0.39 is 7.82 Å². The van der Waals surface area contributed by atoms with Crippen molar-refractivity contribution < 1.29 is 23.2 Å². The Bertz CT molecular complexity index is 1440. The molecule has 0 aliphatic rings. The van der Waals surface area contributed by atoms with Gasteiger partial charge in [-0.1, -0.05) is 84.9 Å². The van der Waals surface area contributed by atoms with Crippen LogP contribution >= 0.6 is 19.4 Å². The second kappa shape index (κ2) is 15.0. The number of benzene rings is 4. The maximum absolute atomic E-state index is 12.6. The Kier molecular flexibility index (Phi) is 11.2. The van der Waals surface area contributed by atoms with Crippen molar-refractivity contribution in [2.45, 2.75) is 13.0 Å². The zero-order valence-electron chi connectivity index (χ0n) is 23.3. The van der Waals surface area contributed by atoms with Gasteiger partial charge >= 0.3 is 7.82 Å². The second-order valence-corrected chi connectivity index (χ2v) is 11.4. The zero-order valence-corrected chi connectivity index (χ0v) is 24.9. The van der Waals surface area contributed by atoms with Gasteiger partial charge in [-0.2, -0.15) is 0 Å². The number of hydrogen-bond donors (Lipinski definition) is 1. The highest BCUT2D eigenvalue weighted by atomic mass is 35.5. The lowest BCUT2D eigenvalue weighted by Gasteiger charge is -2.18. The lowest BCUT2D eigenvalue weighted by molar-refractivity contribution is 0.195. The number of likely N-dealkylation sites (N-methyl/N-ethyl adjacent to an activating group) is 1. The van der Waals surface area contributed by atoms with E-state index >= 15 is 0 Å². The number of rotatable bonds is 14.